The predicted molar refractivity (Wildman–Crippen MR) is 110 cm³/mol. The maximum absolute atomic E-state index is 12.7. The molecule has 0 aliphatic heterocycles. The molecule has 1 saturated carbocycles. The van der Waals surface area contributed by atoms with Crippen molar-refractivity contribution in [2.24, 2.45) is 5.92 Å². The van der Waals surface area contributed by atoms with Gasteiger partial charge in [-0.05, 0) is 79.2 Å². The number of rotatable bonds is 6. The average molecular weight is 384 g/mol. The van der Waals surface area contributed by atoms with E-state index in [9.17, 15) is 13.2 Å². The molecule has 0 amide bonds. The molecule has 0 aromatic heterocycles. The number of alkyl halides is 3. The third kappa shape index (κ3) is 5.37. The lowest BCUT2D eigenvalue weighted by Crippen LogP contribution is -2.13. The van der Waals surface area contributed by atoms with Gasteiger partial charge in [0.1, 0.15) is 0 Å². The van der Waals surface area contributed by atoms with Crippen molar-refractivity contribution in [3.8, 4) is 11.1 Å². The van der Waals surface area contributed by atoms with Gasteiger partial charge in [-0.2, -0.15) is 13.2 Å². The van der Waals surface area contributed by atoms with Crippen LogP contribution in [0.25, 0.3) is 11.1 Å². The lowest BCUT2D eigenvalue weighted by Gasteiger charge is -2.28. The second-order valence-electron chi connectivity index (χ2n) is 7.66. The molecule has 0 saturated heterocycles. The van der Waals surface area contributed by atoms with Crippen molar-refractivity contribution in [3.05, 3.63) is 84.5 Å². The summed E-state index contributed by atoms with van der Waals surface area (Å²) in [4.78, 5) is 0. The normalized spacial score (nSPS) is 20.4. The highest BCUT2D eigenvalue weighted by atomic mass is 19.4. The zero-order chi connectivity index (χ0) is 20.0. The second kappa shape index (κ2) is 9.27. The molecular formula is C25H27F3. The quantitative estimate of drug-likeness (QED) is 0.441. The molecule has 0 unspecified atom stereocenters. The first-order chi connectivity index (χ1) is 13.5. The van der Waals surface area contributed by atoms with Crippen molar-refractivity contribution in [1.82, 2.24) is 0 Å². The van der Waals surface area contributed by atoms with Gasteiger partial charge >= 0.3 is 6.18 Å². The van der Waals surface area contributed by atoms with E-state index in [-0.39, 0.29) is 0 Å². The number of hydrogen-bond acceptors (Lipinski definition) is 0. The van der Waals surface area contributed by atoms with Crippen molar-refractivity contribution in [1.29, 1.82) is 0 Å². The maximum atomic E-state index is 12.7. The van der Waals surface area contributed by atoms with Gasteiger partial charge in [-0.15, -0.1) is 0 Å². The van der Waals surface area contributed by atoms with E-state index in [0.29, 0.717) is 5.92 Å². The van der Waals surface area contributed by atoms with Gasteiger partial charge in [0.2, 0.25) is 0 Å². The van der Waals surface area contributed by atoms with E-state index in [1.165, 1.54) is 37.7 Å². The molecule has 3 rings (SSSR count). The van der Waals surface area contributed by atoms with E-state index in [1.807, 2.05) is 24.3 Å². The van der Waals surface area contributed by atoms with E-state index < -0.39 is 11.7 Å². The number of benzene rings is 2. The van der Waals surface area contributed by atoms with Crippen LogP contribution in [0.1, 0.15) is 55.6 Å². The summed E-state index contributed by atoms with van der Waals surface area (Å²) in [6.07, 6.45) is 9.11. The van der Waals surface area contributed by atoms with Gasteiger partial charge in [-0.25, -0.2) is 0 Å². The Morgan fingerprint density at radius 1 is 0.857 bits per heavy atom. The third-order valence-electron chi connectivity index (χ3n) is 5.79. The minimum absolute atomic E-state index is 0.599. The monoisotopic (exact) mass is 384 g/mol. The molecule has 0 radical (unpaired) electrons. The van der Waals surface area contributed by atoms with Crippen LogP contribution in [0, 0.1) is 5.92 Å². The summed E-state index contributed by atoms with van der Waals surface area (Å²) >= 11 is 0. The van der Waals surface area contributed by atoms with Crippen LogP contribution < -0.4 is 0 Å². The first kappa shape index (κ1) is 20.4. The van der Waals surface area contributed by atoms with E-state index in [0.717, 1.165) is 35.6 Å². The van der Waals surface area contributed by atoms with Crippen LogP contribution in [0.15, 0.2) is 73.3 Å². The summed E-state index contributed by atoms with van der Waals surface area (Å²) in [6, 6.07) is 13.7. The molecule has 2 aromatic rings. The van der Waals surface area contributed by atoms with Crippen LogP contribution >= 0.6 is 0 Å². The summed E-state index contributed by atoms with van der Waals surface area (Å²) in [5.74, 6) is 1.42. The van der Waals surface area contributed by atoms with Gasteiger partial charge in [-0.3, -0.25) is 0 Å². The zero-order valence-corrected chi connectivity index (χ0v) is 16.1. The molecule has 0 nitrogen and oxygen atoms in total. The van der Waals surface area contributed by atoms with Crippen LogP contribution in [0.5, 0.6) is 0 Å². The van der Waals surface area contributed by atoms with Crippen LogP contribution in [-0.4, -0.2) is 0 Å². The molecule has 148 valence electrons. The molecular weight excluding hydrogens is 357 g/mol. The molecule has 0 bridgehead atoms. The van der Waals surface area contributed by atoms with Gasteiger partial charge < -0.3 is 0 Å². The number of halogens is 3. The molecule has 0 spiro atoms. The topological polar surface area (TPSA) is 0 Å². The minimum Gasteiger partial charge on any atom is -0.166 e. The summed E-state index contributed by atoms with van der Waals surface area (Å²) in [6.45, 7) is 3.70. The Morgan fingerprint density at radius 2 is 1.43 bits per heavy atom. The Morgan fingerprint density at radius 3 is 1.96 bits per heavy atom. The summed E-state index contributed by atoms with van der Waals surface area (Å²) < 4.78 is 38.1. The number of hydrogen-bond donors (Lipinski definition) is 0. The average Bonchev–Trinajstić information content (AvgIpc) is 2.71. The van der Waals surface area contributed by atoms with E-state index in [4.69, 9.17) is 0 Å². The standard InChI is InChI=1S/C25H27F3/c1-2-3-4-5-6-19-7-9-20(10-8-19)21-11-13-22(14-12-21)23-15-17-24(18-16-23)25(26,27)28/h2-4,11-20H,1,5-10H2. The van der Waals surface area contributed by atoms with Crippen LogP contribution in [-0.2, 0) is 6.18 Å². The van der Waals surface area contributed by atoms with Crippen molar-refractivity contribution in [3.63, 3.8) is 0 Å². The molecule has 1 fully saturated rings. The Bertz CT molecular complexity index is 774. The predicted octanol–water partition coefficient (Wildman–Crippen LogP) is 8.17. The molecule has 3 heteroatoms. The molecule has 0 heterocycles. The minimum atomic E-state index is -4.29. The lowest BCUT2D eigenvalue weighted by atomic mass is 9.77. The second-order valence-corrected chi connectivity index (χ2v) is 7.66. The Labute approximate surface area is 165 Å². The first-order valence-electron chi connectivity index (χ1n) is 10.0. The summed E-state index contributed by atoms with van der Waals surface area (Å²) in [7, 11) is 0. The highest BCUT2D eigenvalue weighted by Crippen LogP contribution is 2.38. The van der Waals surface area contributed by atoms with Gasteiger partial charge in [0.15, 0.2) is 0 Å². The first-order valence-corrected chi connectivity index (χ1v) is 10.0. The van der Waals surface area contributed by atoms with Crippen LogP contribution in [0.3, 0.4) is 0 Å². The van der Waals surface area contributed by atoms with Gasteiger partial charge in [0.05, 0.1) is 5.56 Å². The fourth-order valence-electron chi connectivity index (χ4n) is 4.11. The molecule has 1 aliphatic carbocycles. The highest BCUT2D eigenvalue weighted by molar-refractivity contribution is 5.64. The fraction of sp³-hybridized carbons (Fsp3) is 0.360. The Balaban J connectivity index is 1.56. The largest absolute Gasteiger partial charge is 0.416 e. The third-order valence-corrected chi connectivity index (χ3v) is 5.79. The van der Waals surface area contributed by atoms with Gasteiger partial charge in [0, 0.05) is 0 Å². The summed E-state index contributed by atoms with van der Waals surface area (Å²) in [5, 5.41) is 0. The summed E-state index contributed by atoms with van der Waals surface area (Å²) in [5.41, 5.74) is 2.52. The van der Waals surface area contributed by atoms with Crippen molar-refractivity contribution in [2.45, 2.75) is 50.6 Å². The van der Waals surface area contributed by atoms with Crippen LogP contribution in [0.4, 0.5) is 13.2 Å². The maximum Gasteiger partial charge on any atom is 0.416 e. The molecule has 1 aliphatic rings. The van der Waals surface area contributed by atoms with Crippen molar-refractivity contribution in [2.75, 3.05) is 0 Å². The van der Waals surface area contributed by atoms with Crippen molar-refractivity contribution >= 4 is 0 Å². The van der Waals surface area contributed by atoms with E-state index in [2.05, 4.69) is 24.8 Å². The van der Waals surface area contributed by atoms with Gasteiger partial charge in [-0.1, -0.05) is 61.2 Å². The van der Waals surface area contributed by atoms with E-state index in [1.54, 1.807) is 12.1 Å². The SMILES string of the molecule is C=CC=CCCC1CCC(c2ccc(-c3ccc(C(F)(F)F)cc3)cc2)CC1. The van der Waals surface area contributed by atoms with Crippen molar-refractivity contribution < 1.29 is 13.2 Å². The molecule has 0 atom stereocenters. The molecule has 2 aromatic carbocycles. The smallest absolute Gasteiger partial charge is 0.166 e. The Kier molecular flexibility index (Phi) is 6.77. The van der Waals surface area contributed by atoms with Crippen LogP contribution in [0.2, 0.25) is 0 Å². The Hall–Kier alpha value is -2.29. The zero-order valence-electron chi connectivity index (χ0n) is 16.1. The lowest BCUT2D eigenvalue weighted by molar-refractivity contribution is -0.137. The molecule has 28 heavy (non-hydrogen) atoms. The highest BCUT2D eigenvalue weighted by Gasteiger charge is 2.30. The molecule has 0 N–H and O–H groups in total. The van der Waals surface area contributed by atoms with E-state index >= 15 is 0 Å². The fourth-order valence-corrected chi connectivity index (χ4v) is 4.11. The van der Waals surface area contributed by atoms with Gasteiger partial charge in [0.25, 0.3) is 0 Å². The number of allylic oxidation sites excluding steroid dienone is 3.